The minimum absolute atomic E-state index is 0.135. The molecule has 0 aromatic carbocycles. The van der Waals surface area contributed by atoms with Crippen molar-refractivity contribution in [2.75, 3.05) is 0 Å². The van der Waals surface area contributed by atoms with Gasteiger partial charge in [-0.15, -0.1) is 0 Å². The molecule has 1 heterocycles. The largest absolute Gasteiger partial charge is 0.498 e. The lowest BCUT2D eigenvalue weighted by Crippen LogP contribution is -2.56. The molecule has 84 valence electrons. The Morgan fingerprint density at radius 2 is 1.93 bits per heavy atom. The molecule has 1 aromatic rings. The Morgan fingerprint density at radius 1 is 1.27 bits per heavy atom. The summed E-state index contributed by atoms with van der Waals surface area (Å²) >= 11 is 0. The van der Waals surface area contributed by atoms with Gasteiger partial charge in [-0.25, -0.2) is 0 Å². The molecule has 0 aliphatic rings. The summed E-state index contributed by atoms with van der Waals surface area (Å²) in [4.78, 5) is 12.1. The fourth-order valence-corrected chi connectivity index (χ4v) is 1.90. The highest BCUT2D eigenvalue weighted by Crippen LogP contribution is 1.97. The van der Waals surface area contributed by atoms with E-state index in [0.29, 0.717) is 0 Å². The molecular formula is C12H21N2O+. The Morgan fingerprint density at radius 3 is 2.47 bits per heavy atom. The maximum atomic E-state index is 12.1. The fourth-order valence-electron chi connectivity index (χ4n) is 1.90. The number of rotatable bonds is 4. The molecule has 0 amide bonds. The van der Waals surface area contributed by atoms with Crippen molar-refractivity contribution in [2.45, 2.75) is 53.6 Å². The molecule has 0 aliphatic heterocycles. The van der Waals surface area contributed by atoms with Gasteiger partial charge in [-0.2, -0.15) is 13.9 Å². The molecule has 0 fully saturated rings. The standard InChI is InChI=1S/C12H21N2O/c1-5-7-13-10(3)9-11(4)14(8-6-2)12(13)15/h9H,5-8H2,1-4H3/q+1. The number of hydrogen-bond donors (Lipinski definition) is 0. The number of aryl methyl sites for hydroxylation is 2. The molecule has 0 unspecified atom stereocenters. The van der Waals surface area contributed by atoms with E-state index in [1.54, 1.807) is 0 Å². The number of aromatic nitrogens is 2. The molecule has 15 heavy (non-hydrogen) atoms. The SMILES string of the molecule is CCCn1c(C)cc(C)[n+](CCC)c1=O. The van der Waals surface area contributed by atoms with E-state index in [9.17, 15) is 4.79 Å². The predicted octanol–water partition coefficient (Wildman–Crippen LogP) is 1.57. The summed E-state index contributed by atoms with van der Waals surface area (Å²) in [5, 5.41) is 0. The van der Waals surface area contributed by atoms with Gasteiger partial charge in [0.25, 0.3) is 0 Å². The van der Waals surface area contributed by atoms with E-state index in [4.69, 9.17) is 0 Å². The lowest BCUT2D eigenvalue weighted by Gasteiger charge is -2.07. The second kappa shape index (κ2) is 5.10. The van der Waals surface area contributed by atoms with E-state index in [1.165, 1.54) is 0 Å². The van der Waals surface area contributed by atoms with Crippen LogP contribution in [0.15, 0.2) is 10.9 Å². The van der Waals surface area contributed by atoms with E-state index < -0.39 is 0 Å². The van der Waals surface area contributed by atoms with E-state index in [1.807, 2.05) is 23.0 Å². The van der Waals surface area contributed by atoms with Crippen molar-refractivity contribution in [1.29, 1.82) is 0 Å². The zero-order chi connectivity index (χ0) is 11.4. The van der Waals surface area contributed by atoms with E-state index in [2.05, 4.69) is 19.9 Å². The maximum absolute atomic E-state index is 12.1. The molecule has 0 aliphatic carbocycles. The molecule has 0 bridgehead atoms. The summed E-state index contributed by atoms with van der Waals surface area (Å²) < 4.78 is 3.73. The van der Waals surface area contributed by atoms with Crippen LogP contribution in [0.3, 0.4) is 0 Å². The molecule has 1 aromatic heterocycles. The van der Waals surface area contributed by atoms with Crippen LogP contribution in [0, 0.1) is 13.8 Å². The first-order valence-electron chi connectivity index (χ1n) is 5.72. The average molecular weight is 209 g/mol. The van der Waals surface area contributed by atoms with Crippen LogP contribution in [-0.2, 0) is 13.1 Å². The van der Waals surface area contributed by atoms with Gasteiger partial charge in [0.2, 0.25) is 0 Å². The molecule has 0 saturated carbocycles. The molecule has 0 atom stereocenters. The van der Waals surface area contributed by atoms with Crippen molar-refractivity contribution in [3.63, 3.8) is 0 Å². The van der Waals surface area contributed by atoms with Crippen molar-refractivity contribution < 1.29 is 4.57 Å². The first kappa shape index (κ1) is 12.0. The van der Waals surface area contributed by atoms with Crippen molar-refractivity contribution >= 4 is 0 Å². The highest BCUT2D eigenvalue weighted by atomic mass is 16.1. The maximum Gasteiger partial charge on any atom is 0.498 e. The van der Waals surface area contributed by atoms with Crippen LogP contribution in [0.4, 0.5) is 0 Å². The van der Waals surface area contributed by atoms with Crippen LogP contribution >= 0.6 is 0 Å². The quantitative estimate of drug-likeness (QED) is 0.691. The molecule has 0 radical (unpaired) electrons. The molecule has 3 nitrogen and oxygen atoms in total. The van der Waals surface area contributed by atoms with Crippen LogP contribution in [0.5, 0.6) is 0 Å². The third-order valence-corrected chi connectivity index (χ3v) is 2.63. The van der Waals surface area contributed by atoms with Crippen molar-refractivity contribution in [3.8, 4) is 0 Å². The Hall–Kier alpha value is -1.12. The third-order valence-electron chi connectivity index (χ3n) is 2.63. The zero-order valence-corrected chi connectivity index (χ0v) is 10.2. The highest BCUT2D eigenvalue weighted by Gasteiger charge is 2.15. The Bertz CT molecular complexity index is 360. The first-order valence-corrected chi connectivity index (χ1v) is 5.72. The minimum Gasteiger partial charge on any atom is -0.197 e. The lowest BCUT2D eigenvalue weighted by atomic mass is 10.3. The summed E-state index contributed by atoms with van der Waals surface area (Å²) in [5.74, 6) is 0. The zero-order valence-electron chi connectivity index (χ0n) is 10.2. The minimum atomic E-state index is 0.135. The van der Waals surface area contributed by atoms with Crippen LogP contribution in [0.2, 0.25) is 0 Å². The van der Waals surface area contributed by atoms with Gasteiger partial charge < -0.3 is 0 Å². The monoisotopic (exact) mass is 209 g/mol. The molecule has 1 rings (SSSR count). The third kappa shape index (κ3) is 2.46. The van der Waals surface area contributed by atoms with E-state index in [0.717, 1.165) is 37.3 Å². The van der Waals surface area contributed by atoms with Gasteiger partial charge in [-0.1, -0.05) is 13.8 Å². The highest BCUT2D eigenvalue weighted by molar-refractivity contribution is 5.02. The van der Waals surface area contributed by atoms with Gasteiger partial charge in [0.1, 0.15) is 11.4 Å². The first-order chi connectivity index (χ1) is 7.11. The summed E-state index contributed by atoms with van der Waals surface area (Å²) in [6, 6.07) is 2.09. The van der Waals surface area contributed by atoms with Crippen LogP contribution < -0.4 is 10.3 Å². The predicted molar refractivity (Wildman–Crippen MR) is 61.0 cm³/mol. The smallest absolute Gasteiger partial charge is 0.197 e. The van der Waals surface area contributed by atoms with Gasteiger partial charge in [0.05, 0.1) is 13.1 Å². The van der Waals surface area contributed by atoms with Crippen LogP contribution in [-0.4, -0.2) is 4.57 Å². The molecule has 0 N–H and O–H groups in total. The normalized spacial score (nSPS) is 10.7. The topological polar surface area (TPSA) is 25.9 Å². The van der Waals surface area contributed by atoms with Crippen molar-refractivity contribution in [2.24, 2.45) is 0 Å². The Balaban J connectivity index is 3.29. The van der Waals surface area contributed by atoms with Gasteiger partial charge >= 0.3 is 5.69 Å². The van der Waals surface area contributed by atoms with Crippen LogP contribution in [0.1, 0.15) is 38.1 Å². The number of nitrogens with zero attached hydrogens (tertiary/aromatic N) is 2. The van der Waals surface area contributed by atoms with E-state index in [-0.39, 0.29) is 5.69 Å². The fraction of sp³-hybridized carbons (Fsp3) is 0.667. The summed E-state index contributed by atoms with van der Waals surface area (Å²) in [6.07, 6.45) is 1.99. The van der Waals surface area contributed by atoms with E-state index >= 15 is 0 Å². The lowest BCUT2D eigenvalue weighted by molar-refractivity contribution is -0.721. The van der Waals surface area contributed by atoms with Gasteiger partial charge in [0, 0.05) is 6.07 Å². The summed E-state index contributed by atoms with van der Waals surface area (Å²) in [7, 11) is 0. The van der Waals surface area contributed by atoms with Gasteiger partial charge in [-0.3, -0.25) is 0 Å². The average Bonchev–Trinajstić information content (AvgIpc) is 2.19. The summed E-state index contributed by atoms with van der Waals surface area (Å²) in [5.41, 5.74) is 2.26. The van der Waals surface area contributed by atoms with Gasteiger partial charge in [0.15, 0.2) is 0 Å². The molecule has 3 heteroatoms. The molecular weight excluding hydrogens is 188 g/mol. The second-order valence-corrected chi connectivity index (χ2v) is 4.01. The van der Waals surface area contributed by atoms with Crippen molar-refractivity contribution in [1.82, 2.24) is 4.57 Å². The Labute approximate surface area is 91.4 Å². The second-order valence-electron chi connectivity index (χ2n) is 4.01. The number of hydrogen-bond acceptors (Lipinski definition) is 1. The van der Waals surface area contributed by atoms with Gasteiger partial charge in [-0.05, 0) is 26.7 Å². The molecule has 0 spiro atoms. The summed E-state index contributed by atoms with van der Waals surface area (Å²) in [6.45, 7) is 9.82. The van der Waals surface area contributed by atoms with Crippen LogP contribution in [0.25, 0.3) is 0 Å². The van der Waals surface area contributed by atoms with Crippen molar-refractivity contribution in [3.05, 3.63) is 27.9 Å². The Kier molecular flexibility index (Phi) is 4.06. The molecule has 0 saturated heterocycles.